The summed E-state index contributed by atoms with van der Waals surface area (Å²) in [4.78, 5) is 24.8. The van der Waals surface area contributed by atoms with Crippen LogP contribution in [0.2, 0.25) is 0 Å². The summed E-state index contributed by atoms with van der Waals surface area (Å²) in [7, 11) is 0. The van der Waals surface area contributed by atoms with E-state index in [9.17, 15) is 20.0 Å². The first-order chi connectivity index (χ1) is 12.5. The first kappa shape index (κ1) is 18.4. The van der Waals surface area contributed by atoms with Gasteiger partial charge in [0.1, 0.15) is 0 Å². The van der Waals surface area contributed by atoms with Crippen molar-refractivity contribution < 1.29 is 14.8 Å². The van der Waals surface area contributed by atoms with Gasteiger partial charge in [0.15, 0.2) is 0 Å². The number of nitrogens with one attached hydrogen (secondary N) is 1. The molecule has 3 rings (SSSR count). The summed E-state index contributed by atoms with van der Waals surface area (Å²) in [6.07, 6.45) is 2.47. The van der Waals surface area contributed by atoms with Crippen LogP contribution < -0.4 is 5.32 Å². The highest BCUT2D eigenvalue weighted by Gasteiger charge is 2.23. The topological polar surface area (TPSA) is 92.5 Å². The minimum Gasteiger partial charge on any atom is -0.393 e. The van der Waals surface area contributed by atoms with E-state index in [2.05, 4.69) is 5.32 Å². The summed E-state index contributed by atoms with van der Waals surface area (Å²) in [6, 6.07) is 14.0. The van der Waals surface area contributed by atoms with Gasteiger partial charge in [0.25, 0.3) is 11.6 Å². The number of nitro groups is 1. The number of carbonyl (C=O) groups is 1. The highest BCUT2D eigenvalue weighted by Crippen LogP contribution is 2.35. The molecule has 1 fully saturated rings. The van der Waals surface area contributed by atoms with Crippen LogP contribution >= 0.6 is 11.8 Å². The Morgan fingerprint density at radius 2 is 1.81 bits per heavy atom. The third kappa shape index (κ3) is 4.62. The average Bonchev–Trinajstić information content (AvgIpc) is 2.64. The van der Waals surface area contributed by atoms with E-state index in [4.69, 9.17) is 0 Å². The third-order valence-corrected chi connectivity index (χ3v) is 5.49. The Morgan fingerprint density at radius 1 is 1.12 bits per heavy atom. The van der Waals surface area contributed by atoms with Crippen molar-refractivity contribution in [3.8, 4) is 0 Å². The highest BCUT2D eigenvalue weighted by atomic mass is 32.2. The standard InChI is InChI=1S/C19H20N2O4S/c22-15-9-7-14(8-10-15)20-19(23)13-6-11-18(17(12-13)21(24)25)26-16-4-2-1-3-5-16/h1-6,11-12,14-15,22H,7-10H2,(H,20,23). The predicted octanol–water partition coefficient (Wildman–Crippen LogP) is 3.78. The molecule has 2 aromatic rings. The SMILES string of the molecule is O=C(NC1CCC(O)CC1)c1ccc(Sc2ccccc2)c([N+](=O)[O-])c1. The molecule has 0 unspecified atom stereocenters. The molecule has 0 bridgehead atoms. The minimum atomic E-state index is -0.459. The van der Waals surface area contributed by atoms with Gasteiger partial charge in [-0.15, -0.1) is 0 Å². The molecule has 0 radical (unpaired) electrons. The quantitative estimate of drug-likeness (QED) is 0.615. The predicted molar refractivity (Wildman–Crippen MR) is 99.4 cm³/mol. The zero-order chi connectivity index (χ0) is 18.5. The van der Waals surface area contributed by atoms with Gasteiger partial charge in [-0.3, -0.25) is 14.9 Å². The molecule has 136 valence electrons. The molecule has 1 aliphatic rings. The van der Waals surface area contributed by atoms with E-state index in [1.807, 2.05) is 30.3 Å². The molecule has 2 N–H and O–H groups in total. The summed E-state index contributed by atoms with van der Waals surface area (Å²) in [5.41, 5.74) is 0.200. The maximum atomic E-state index is 12.4. The Morgan fingerprint density at radius 3 is 2.46 bits per heavy atom. The molecule has 0 aromatic heterocycles. The van der Waals surface area contributed by atoms with Gasteiger partial charge in [0.05, 0.1) is 15.9 Å². The maximum Gasteiger partial charge on any atom is 0.284 e. The minimum absolute atomic E-state index is 0.00308. The van der Waals surface area contributed by atoms with Crippen LogP contribution in [-0.4, -0.2) is 28.1 Å². The monoisotopic (exact) mass is 372 g/mol. The molecule has 1 aliphatic carbocycles. The van der Waals surface area contributed by atoms with Crippen LogP contribution in [0.4, 0.5) is 5.69 Å². The molecule has 1 saturated carbocycles. The Kier molecular flexibility index (Phi) is 5.90. The number of carbonyl (C=O) groups excluding carboxylic acids is 1. The largest absolute Gasteiger partial charge is 0.393 e. The zero-order valence-corrected chi connectivity index (χ0v) is 14.9. The van der Waals surface area contributed by atoms with Gasteiger partial charge in [0, 0.05) is 22.6 Å². The molecule has 1 amide bonds. The van der Waals surface area contributed by atoms with Crippen LogP contribution in [0.1, 0.15) is 36.0 Å². The summed E-state index contributed by atoms with van der Waals surface area (Å²) >= 11 is 1.30. The number of nitrogens with zero attached hydrogens (tertiary/aromatic N) is 1. The van der Waals surface area contributed by atoms with Gasteiger partial charge >= 0.3 is 0 Å². The summed E-state index contributed by atoms with van der Waals surface area (Å²) < 4.78 is 0. The number of rotatable bonds is 5. The van der Waals surface area contributed by atoms with E-state index in [0.29, 0.717) is 17.7 Å². The Balaban J connectivity index is 1.75. The fraction of sp³-hybridized carbons (Fsp3) is 0.316. The van der Waals surface area contributed by atoms with Crippen molar-refractivity contribution in [2.45, 2.75) is 47.6 Å². The maximum absolute atomic E-state index is 12.4. The van der Waals surface area contributed by atoms with E-state index in [1.165, 1.54) is 17.8 Å². The number of aliphatic hydroxyl groups excluding tert-OH is 1. The molecule has 2 aromatic carbocycles. The lowest BCUT2D eigenvalue weighted by molar-refractivity contribution is -0.387. The highest BCUT2D eigenvalue weighted by molar-refractivity contribution is 7.99. The fourth-order valence-corrected chi connectivity index (χ4v) is 3.91. The first-order valence-corrected chi connectivity index (χ1v) is 9.35. The van der Waals surface area contributed by atoms with Gasteiger partial charge in [-0.25, -0.2) is 0 Å². The second kappa shape index (κ2) is 8.33. The molecular weight excluding hydrogens is 352 g/mol. The Bertz CT molecular complexity index is 789. The number of benzene rings is 2. The molecule has 6 nitrogen and oxygen atoms in total. The number of nitro benzene ring substituents is 1. The molecular formula is C19H20N2O4S. The fourth-order valence-electron chi connectivity index (χ4n) is 2.99. The number of hydrogen-bond donors (Lipinski definition) is 2. The lowest BCUT2D eigenvalue weighted by Crippen LogP contribution is -2.38. The summed E-state index contributed by atoms with van der Waals surface area (Å²) in [6.45, 7) is 0. The van der Waals surface area contributed by atoms with Crippen LogP contribution in [0.15, 0.2) is 58.3 Å². The van der Waals surface area contributed by atoms with Gasteiger partial charge in [-0.2, -0.15) is 0 Å². The molecule has 26 heavy (non-hydrogen) atoms. The summed E-state index contributed by atoms with van der Waals surface area (Å²) in [5, 5.41) is 23.9. The second-order valence-corrected chi connectivity index (χ2v) is 7.45. The van der Waals surface area contributed by atoms with Gasteiger partial charge < -0.3 is 10.4 Å². The van der Waals surface area contributed by atoms with Crippen LogP contribution in [0, 0.1) is 10.1 Å². The van der Waals surface area contributed by atoms with Crippen LogP contribution in [0.3, 0.4) is 0 Å². The van der Waals surface area contributed by atoms with Crippen molar-refractivity contribution >= 4 is 23.4 Å². The molecule has 0 saturated heterocycles. The molecule has 0 heterocycles. The second-order valence-electron chi connectivity index (χ2n) is 6.33. The number of hydrogen-bond acceptors (Lipinski definition) is 5. The van der Waals surface area contributed by atoms with Crippen molar-refractivity contribution in [1.82, 2.24) is 5.32 Å². The first-order valence-electron chi connectivity index (χ1n) is 8.53. The molecule has 7 heteroatoms. The van der Waals surface area contributed by atoms with E-state index >= 15 is 0 Å². The lowest BCUT2D eigenvalue weighted by Gasteiger charge is -2.26. The van der Waals surface area contributed by atoms with Crippen molar-refractivity contribution in [1.29, 1.82) is 0 Å². The lowest BCUT2D eigenvalue weighted by atomic mass is 9.93. The van der Waals surface area contributed by atoms with Crippen molar-refractivity contribution in [3.05, 3.63) is 64.2 Å². The average molecular weight is 372 g/mol. The van der Waals surface area contributed by atoms with E-state index in [1.54, 1.807) is 12.1 Å². The van der Waals surface area contributed by atoms with Gasteiger partial charge in [-0.05, 0) is 49.9 Å². The van der Waals surface area contributed by atoms with Crippen LogP contribution in [-0.2, 0) is 0 Å². The van der Waals surface area contributed by atoms with Gasteiger partial charge in [-0.1, -0.05) is 30.0 Å². The van der Waals surface area contributed by atoms with Crippen molar-refractivity contribution in [3.63, 3.8) is 0 Å². The normalized spacial score (nSPS) is 19.7. The van der Waals surface area contributed by atoms with Crippen molar-refractivity contribution in [2.24, 2.45) is 0 Å². The van der Waals surface area contributed by atoms with E-state index in [0.717, 1.165) is 17.7 Å². The van der Waals surface area contributed by atoms with Gasteiger partial charge in [0.2, 0.25) is 0 Å². The van der Waals surface area contributed by atoms with Crippen molar-refractivity contribution in [2.75, 3.05) is 0 Å². The van der Waals surface area contributed by atoms with E-state index in [-0.39, 0.29) is 29.3 Å². The number of aliphatic hydroxyl groups is 1. The molecule has 0 atom stereocenters. The van der Waals surface area contributed by atoms with Crippen LogP contribution in [0.5, 0.6) is 0 Å². The third-order valence-electron chi connectivity index (χ3n) is 4.42. The Labute approximate surface area is 155 Å². The van der Waals surface area contributed by atoms with E-state index < -0.39 is 4.92 Å². The Hall–Kier alpha value is -2.38. The van der Waals surface area contributed by atoms with Crippen LogP contribution in [0.25, 0.3) is 0 Å². The molecule has 0 aliphatic heterocycles. The zero-order valence-electron chi connectivity index (χ0n) is 14.1. The smallest absolute Gasteiger partial charge is 0.284 e. The number of amides is 1. The summed E-state index contributed by atoms with van der Waals surface area (Å²) in [5.74, 6) is -0.314. The molecule has 0 spiro atoms.